The first-order valence-electron chi connectivity index (χ1n) is 19.2. The van der Waals surface area contributed by atoms with Crippen LogP contribution < -0.4 is 9.47 Å². The van der Waals surface area contributed by atoms with E-state index in [0.717, 1.165) is 47.9 Å². The second-order valence-corrected chi connectivity index (χ2v) is 13.1. The molecule has 274 valence electrons. The summed E-state index contributed by atoms with van der Waals surface area (Å²) in [6.45, 7) is 9.83. The molecule has 2 unspecified atom stereocenters. The number of rotatable bonds is 22. The Morgan fingerprint density at radius 2 is 0.865 bits per heavy atom. The molecule has 1 heterocycles. The number of hydrogen-bond donors (Lipinski definition) is 0. The molecule has 0 radical (unpaired) electrons. The van der Waals surface area contributed by atoms with Crippen LogP contribution in [0.3, 0.4) is 0 Å². The maximum Gasteiger partial charge on any atom is 0.237 e. The quantitative estimate of drug-likeness (QED) is 0.0525. The Kier molecular flexibility index (Phi) is 14.8. The summed E-state index contributed by atoms with van der Waals surface area (Å²) in [5.41, 5.74) is 3.43. The van der Waals surface area contributed by atoms with E-state index < -0.39 is 11.6 Å². The van der Waals surface area contributed by atoms with Gasteiger partial charge in [-0.2, -0.15) is 0 Å². The van der Waals surface area contributed by atoms with Crippen molar-refractivity contribution in [3.63, 3.8) is 0 Å². The number of unbranched alkanes of at least 4 members (excludes halogenated alkanes) is 6. The summed E-state index contributed by atoms with van der Waals surface area (Å²) in [5.74, 6) is 0.305. The van der Waals surface area contributed by atoms with Crippen molar-refractivity contribution in [2.75, 3.05) is 13.2 Å². The van der Waals surface area contributed by atoms with E-state index in [0.29, 0.717) is 49.2 Å². The van der Waals surface area contributed by atoms with Gasteiger partial charge in [-0.3, -0.25) is 0 Å². The minimum absolute atomic E-state index is 0.494. The van der Waals surface area contributed by atoms with Crippen molar-refractivity contribution < 1.29 is 18.9 Å². The molecule has 5 rings (SSSR count). The van der Waals surface area contributed by atoms with E-state index in [9.17, 15) is 0 Å². The molecule has 1 aromatic heterocycles. The minimum Gasteiger partial charge on any atom is -0.457 e. The lowest BCUT2D eigenvalue weighted by Crippen LogP contribution is -2.36. The lowest BCUT2D eigenvalue weighted by Gasteiger charge is -2.35. The molecule has 5 aromatic rings. The number of para-hydroxylation sites is 2. The Morgan fingerprint density at radius 3 is 1.27 bits per heavy atom. The lowest BCUT2D eigenvalue weighted by molar-refractivity contribution is -0.195. The van der Waals surface area contributed by atoms with Crippen LogP contribution in [0.1, 0.15) is 103 Å². The summed E-state index contributed by atoms with van der Waals surface area (Å²) in [7, 11) is 0. The molecule has 0 saturated heterocycles. The highest BCUT2D eigenvalue weighted by Crippen LogP contribution is 2.40. The van der Waals surface area contributed by atoms with Crippen LogP contribution in [0.4, 0.5) is 0 Å². The van der Waals surface area contributed by atoms with Gasteiger partial charge in [0, 0.05) is 24.0 Å². The summed E-state index contributed by atoms with van der Waals surface area (Å²) in [4.78, 5) is 14.3. The van der Waals surface area contributed by atoms with Gasteiger partial charge in [0.25, 0.3) is 0 Å². The number of aromatic nitrogens is 3. The number of benzene rings is 4. The van der Waals surface area contributed by atoms with Gasteiger partial charge in [-0.25, -0.2) is 15.0 Å². The summed E-state index contributed by atoms with van der Waals surface area (Å²) in [6, 6.07) is 36.1. The smallest absolute Gasteiger partial charge is 0.237 e. The van der Waals surface area contributed by atoms with Crippen LogP contribution in [0.25, 0.3) is 22.8 Å². The van der Waals surface area contributed by atoms with E-state index in [1.807, 2.05) is 84.9 Å². The van der Waals surface area contributed by atoms with Crippen LogP contribution in [-0.2, 0) is 21.0 Å². The van der Waals surface area contributed by atoms with Gasteiger partial charge < -0.3 is 18.9 Å². The normalized spacial score (nSPS) is 13.6. The third kappa shape index (κ3) is 9.84. The molecule has 0 spiro atoms. The monoisotopic (exact) mass is 701 g/mol. The van der Waals surface area contributed by atoms with E-state index >= 15 is 0 Å². The molecular weight excluding hydrogens is 647 g/mol. The first-order valence-corrected chi connectivity index (χ1v) is 19.2. The third-order valence-electron chi connectivity index (χ3n) is 9.40. The summed E-state index contributed by atoms with van der Waals surface area (Å²) in [6.07, 6.45) is 11.7. The number of ether oxygens (including phenoxy) is 4. The lowest BCUT2D eigenvalue weighted by atomic mass is 10.0. The van der Waals surface area contributed by atoms with Crippen LogP contribution in [0.2, 0.25) is 0 Å². The van der Waals surface area contributed by atoms with E-state index in [4.69, 9.17) is 23.9 Å². The van der Waals surface area contributed by atoms with Gasteiger partial charge in [0.1, 0.15) is 17.8 Å². The Hall–Kier alpha value is -4.59. The van der Waals surface area contributed by atoms with Crippen molar-refractivity contribution in [1.29, 1.82) is 0 Å². The molecule has 7 nitrogen and oxygen atoms in total. The highest BCUT2D eigenvalue weighted by atomic mass is 16.7. The molecule has 0 aliphatic carbocycles. The summed E-state index contributed by atoms with van der Waals surface area (Å²) < 4.78 is 27.2. The Balaban J connectivity index is 1.48. The fourth-order valence-corrected chi connectivity index (χ4v) is 6.41. The minimum atomic E-state index is -0.975. The zero-order chi connectivity index (χ0) is 36.5. The molecule has 0 fully saturated rings. The van der Waals surface area contributed by atoms with Gasteiger partial charge in [0.2, 0.25) is 11.6 Å². The topological polar surface area (TPSA) is 75.6 Å². The predicted octanol–water partition coefficient (Wildman–Crippen LogP) is 11.7. The van der Waals surface area contributed by atoms with Crippen molar-refractivity contribution >= 4 is 0 Å². The largest absolute Gasteiger partial charge is 0.457 e. The van der Waals surface area contributed by atoms with E-state index in [1.54, 1.807) is 6.33 Å². The highest BCUT2D eigenvalue weighted by molar-refractivity contribution is 5.69. The number of nitrogens with zero attached hydrogens (tertiary/aromatic N) is 3. The maximum atomic E-state index is 6.93. The fraction of sp³-hybridized carbons (Fsp3) is 0.400. The number of hydrogen-bond acceptors (Lipinski definition) is 7. The molecule has 0 N–H and O–H groups in total. The van der Waals surface area contributed by atoms with Gasteiger partial charge in [-0.15, -0.1) is 0 Å². The van der Waals surface area contributed by atoms with Crippen LogP contribution in [-0.4, -0.2) is 28.2 Å². The molecule has 52 heavy (non-hydrogen) atoms. The molecular formula is C45H55N3O4. The molecule has 0 saturated carbocycles. The van der Waals surface area contributed by atoms with Crippen molar-refractivity contribution in [1.82, 2.24) is 15.0 Å². The van der Waals surface area contributed by atoms with Gasteiger partial charge >= 0.3 is 0 Å². The van der Waals surface area contributed by atoms with Crippen LogP contribution in [0.5, 0.6) is 11.5 Å². The zero-order valence-electron chi connectivity index (χ0n) is 31.4. The van der Waals surface area contributed by atoms with Gasteiger partial charge in [-0.05, 0) is 37.1 Å². The van der Waals surface area contributed by atoms with Crippen molar-refractivity contribution in [3.8, 4) is 34.3 Å². The van der Waals surface area contributed by atoms with Crippen LogP contribution in [0, 0.1) is 0 Å². The molecule has 7 heteroatoms. The molecule has 0 aliphatic heterocycles. The standard InChI is InChI=1S/C45H55N3O4/c1-5-9-11-23-33-49-44(7-3,36-25-15-13-16-26-36)51-40-31-21-19-29-38(40)42-46-35-47-43(48-42)39-30-20-22-32-41(39)52-45(8-4,37-27-17-14-18-28-37)50-34-24-12-10-6-2/h13-22,25-32,35H,5-12,23-24,33-34H2,1-4H3. The van der Waals surface area contributed by atoms with E-state index in [2.05, 4.69) is 61.9 Å². The second kappa shape index (κ2) is 19.9. The predicted molar refractivity (Wildman–Crippen MR) is 209 cm³/mol. The third-order valence-corrected chi connectivity index (χ3v) is 9.40. The average Bonchev–Trinajstić information content (AvgIpc) is 3.21. The summed E-state index contributed by atoms with van der Waals surface area (Å²) in [5, 5.41) is 0. The van der Waals surface area contributed by atoms with Gasteiger partial charge in [0.15, 0.2) is 11.6 Å². The van der Waals surface area contributed by atoms with Crippen LogP contribution in [0.15, 0.2) is 116 Å². The maximum absolute atomic E-state index is 6.93. The van der Waals surface area contributed by atoms with Crippen molar-refractivity contribution in [3.05, 3.63) is 127 Å². The zero-order valence-corrected chi connectivity index (χ0v) is 31.4. The first-order chi connectivity index (χ1) is 25.6. The Bertz CT molecular complexity index is 1640. The molecule has 0 amide bonds. The van der Waals surface area contributed by atoms with E-state index in [1.165, 1.54) is 25.7 Å². The molecule has 2 atom stereocenters. The molecule has 0 aliphatic rings. The van der Waals surface area contributed by atoms with Crippen molar-refractivity contribution in [2.45, 2.75) is 103 Å². The molecule has 4 aromatic carbocycles. The second-order valence-electron chi connectivity index (χ2n) is 13.1. The van der Waals surface area contributed by atoms with E-state index in [-0.39, 0.29) is 0 Å². The Morgan fingerprint density at radius 1 is 0.462 bits per heavy atom. The van der Waals surface area contributed by atoms with Gasteiger partial charge in [-0.1, -0.05) is 151 Å². The Labute approximate surface area is 310 Å². The molecule has 0 bridgehead atoms. The first kappa shape index (κ1) is 38.6. The SMILES string of the molecule is CCCCCCOC(CC)(Oc1ccccc1-c1ncnc(-c2ccccc2OC(CC)(OCCCCCC)c2ccccc2)n1)c1ccccc1. The fourth-order valence-electron chi connectivity index (χ4n) is 6.41. The average molecular weight is 702 g/mol. The van der Waals surface area contributed by atoms with Crippen LogP contribution >= 0.6 is 0 Å². The highest BCUT2D eigenvalue weighted by Gasteiger charge is 2.36. The van der Waals surface area contributed by atoms with Crippen molar-refractivity contribution in [2.24, 2.45) is 0 Å². The summed E-state index contributed by atoms with van der Waals surface area (Å²) >= 11 is 0. The van der Waals surface area contributed by atoms with Gasteiger partial charge in [0.05, 0.1) is 24.3 Å².